The minimum absolute atomic E-state index is 0.374. The maximum Gasteiger partial charge on any atom is 0.357 e. The predicted molar refractivity (Wildman–Crippen MR) is 66.9 cm³/mol. The number of ether oxygens (including phenoxy) is 2. The van der Waals surface area contributed by atoms with Crippen LogP contribution in [0, 0.1) is 0 Å². The molecule has 7 nitrogen and oxygen atoms in total. The SMILES string of the molecule is COC(=O)c1nc(N2CCOCC2)nc2c1CNC2. The Kier molecular flexibility index (Phi) is 3.31. The van der Waals surface area contributed by atoms with E-state index in [0.29, 0.717) is 37.9 Å². The zero-order valence-electron chi connectivity index (χ0n) is 10.8. The molecular formula is C12H16N4O3. The Balaban J connectivity index is 1.99. The van der Waals surface area contributed by atoms with E-state index in [-0.39, 0.29) is 0 Å². The quantitative estimate of drug-likeness (QED) is 0.735. The van der Waals surface area contributed by atoms with Crippen LogP contribution in [-0.4, -0.2) is 49.4 Å². The van der Waals surface area contributed by atoms with E-state index in [9.17, 15) is 4.79 Å². The number of rotatable bonds is 2. The number of aromatic nitrogens is 2. The normalized spacial score (nSPS) is 18.3. The Morgan fingerprint density at radius 1 is 1.32 bits per heavy atom. The van der Waals surface area contributed by atoms with Crippen LogP contribution in [0.3, 0.4) is 0 Å². The Hall–Kier alpha value is -1.73. The lowest BCUT2D eigenvalue weighted by atomic mass is 10.2. The van der Waals surface area contributed by atoms with Crippen molar-refractivity contribution in [2.75, 3.05) is 38.3 Å². The number of hydrogen-bond acceptors (Lipinski definition) is 7. The number of hydrogen-bond donors (Lipinski definition) is 1. The van der Waals surface area contributed by atoms with Gasteiger partial charge in [0.15, 0.2) is 5.69 Å². The van der Waals surface area contributed by atoms with E-state index in [0.717, 1.165) is 24.3 Å². The molecule has 1 aromatic rings. The second kappa shape index (κ2) is 5.10. The van der Waals surface area contributed by atoms with Crippen molar-refractivity contribution in [2.24, 2.45) is 0 Å². The van der Waals surface area contributed by atoms with E-state index < -0.39 is 5.97 Å². The van der Waals surface area contributed by atoms with Gasteiger partial charge in [0.05, 0.1) is 26.0 Å². The third-order valence-electron chi connectivity index (χ3n) is 3.35. The lowest BCUT2D eigenvalue weighted by molar-refractivity contribution is 0.0592. The highest BCUT2D eigenvalue weighted by Gasteiger charge is 2.26. The molecule has 102 valence electrons. The van der Waals surface area contributed by atoms with Crippen LogP contribution in [0.2, 0.25) is 0 Å². The molecule has 0 unspecified atom stereocenters. The Bertz CT molecular complexity index is 500. The molecule has 0 saturated carbocycles. The first kappa shape index (κ1) is 12.3. The van der Waals surface area contributed by atoms with E-state index in [1.807, 2.05) is 4.90 Å². The van der Waals surface area contributed by atoms with Crippen LogP contribution >= 0.6 is 0 Å². The summed E-state index contributed by atoms with van der Waals surface area (Å²) in [7, 11) is 1.37. The van der Waals surface area contributed by atoms with Crippen LogP contribution in [0.1, 0.15) is 21.7 Å². The Labute approximate surface area is 110 Å². The Morgan fingerprint density at radius 2 is 2.11 bits per heavy atom. The highest BCUT2D eigenvalue weighted by atomic mass is 16.5. The van der Waals surface area contributed by atoms with Crippen LogP contribution in [0.15, 0.2) is 0 Å². The molecule has 1 N–H and O–H groups in total. The van der Waals surface area contributed by atoms with Gasteiger partial charge in [0, 0.05) is 31.7 Å². The number of carbonyl (C=O) groups excluding carboxylic acids is 1. The lowest BCUT2D eigenvalue weighted by Gasteiger charge is -2.27. The summed E-state index contributed by atoms with van der Waals surface area (Å²) in [6.45, 7) is 4.08. The molecular weight excluding hydrogens is 248 g/mol. The fraction of sp³-hybridized carbons (Fsp3) is 0.583. The van der Waals surface area contributed by atoms with Gasteiger partial charge in [0.1, 0.15) is 0 Å². The van der Waals surface area contributed by atoms with Crippen molar-refractivity contribution in [3.05, 3.63) is 17.0 Å². The molecule has 1 saturated heterocycles. The van der Waals surface area contributed by atoms with Crippen LogP contribution in [0.5, 0.6) is 0 Å². The molecule has 3 rings (SSSR count). The summed E-state index contributed by atoms with van der Waals surface area (Å²) in [5.41, 5.74) is 2.11. The van der Waals surface area contributed by atoms with Crippen molar-refractivity contribution < 1.29 is 14.3 Å². The van der Waals surface area contributed by atoms with Crippen molar-refractivity contribution >= 4 is 11.9 Å². The topological polar surface area (TPSA) is 76.6 Å². The third-order valence-corrected chi connectivity index (χ3v) is 3.35. The number of esters is 1. The molecule has 3 heterocycles. The van der Waals surface area contributed by atoms with Crippen LogP contribution < -0.4 is 10.2 Å². The number of methoxy groups -OCH3 is 1. The van der Waals surface area contributed by atoms with Crippen molar-refractivity contribution in [3.8, 4) is 0 Å². The first-order valence-electron chi connectivity index (χ1n) is 6.31. The summed E-state index contributed by atoms with van der Waals surface area (Å²) in [6.07, 6.45) is 0. The second-order valence-electron chi connectivity index (χ2n) is 4.49. The highest BCUT2D eigenvalue weighted by molar-refractivity contribution is 5.89. The smallest absolute Gasteiger partial charge is 0.357 e. The summed E-state index contributed by atoms with van der Waals surface area (Å²) >= 11 is 0. The van der Waals surface area contributed by atoms with Crippen LogP contribution in [-0.2, 0) is 22.6 Å². The zero-order valence-corrected chi connectivity index (χ0v) is 10.8. The fourth-order valence-electron chi connectivity index (χ4n) is 2.33. The molecule has 0 aliphatic carbocycles. The molecule has 0 amide bonds. The van der Waals surface area contributed by atoms with Gasteiger partial charge in [-0.3, -0.25) is 0 Å². The van der Waals surface area contributed by atoms with Crippen LogP contribution in [0.4, 0.5) is 5.95 Å². The largest absolute Gasteiger partial charge is 0.464 e. The minimum atomic E-state index is -0.406. The average molecular weight is 264 g/mol. The fourth-order valence-corrected chi connectivity index (χ4v) is 2.33. The zero-order chi connectivity index (χ0) is 13.2. The van der Waals surface area contributed by atoms with Crippen molar-refractivity contribution in [1.82, 2.24) is 15.3 Å². The van der Waals surface area contributed by atoms with E-state index in [2.05, 4.69) is 15.3 Å². The number of morpholine rings is 1. The second-order valence-corrected chi connectivity index (χ2v) is 4.49. The number of nitrogens with zero attached hydrogens (tertiary/aromatic N) is 3. The van der Waals surface area contributed by atoms with E-state index in [1.54, 1.807) is 0 Å². The molecule has 0 bridgehead atoms. The molecule has 19 heavy (non-hydrogen) atoms. The number of nitrogens with one attached hydrogen (secondary N) is 1. The van der Waals surface area contributed by atoms with Crippen molar-refractivity contribution in [2.45, 2.75) is 13.1 Å². The summed E-state index contributed by atoms with van der Waals surface area (Å²) in [6, 6.07) is 0. The average Bonchev–Trinajstić information content (AvgIpc) is 2.94. The van der Waals surface area contributed by atoms with Gasteiger partial charge in [0.25, 0.3) is 0 Å². The third kappa shape index (κ3) is 2.26. The molecule has 0 atom stereocenters. The molecule has 7 heteroatoms. The summed E-state index contributed by atoms with van der Waals surface area (Å²) in [5, 5.41) is 3.18. The molecule has 1 aromatic heterocycles. The van der Waals surface area contributed by atoms with Gasteiger partial charge in [-0.25, -0.2) is 14.8 Å². The van der Waals surface area contributed by atoms with E-state index in [4.69, 9.17) is 9.47 Å². The van der Waals surface area contributed by atoms with Gasteiger partial charge >= 0.3 is 5.97 Å². The van der Waals surface area contributed by atoms with Gasteiger partial charge in [-0.05, 0) is 0 Å². The van der Waals surface area contributed by atoms with Crippen molar-refractivity contribution in [3.63, 3.8) is 0 Å². The summed E-state index contributed by atoms with van der Waals surface area (Å²) < 4.78 is 10.1. The molecule has 1 fully saturated rings. The number of carbonyl (C=O) groups is 1. The van der Waals surface area contributed by atoms with Gasteiger partial charge in [-0.2, -0.15) is 0 Å². The monoisotopic (exact) mass is 264 g/mol. The summed E-state index contributed by atoms with van der Waals surface area (Å²) in [5.74, 6) is 0.183. The lowest BCUT2D eigenvalue weighted by Crippen LogP contribution is -2.37. The van der Waals surface area contributed by atoms with E-state index in [1.165, 1.54) is 7.11 Å². The standard InChI is InChI=1S/C12H16N4O3/c1-18-11(17)10-8-6-13-7-9(8)14-12(15-10)16-2-4-19-5-3-16/h13H,2-7H2,1H3. The van der Waals surface area contributed by atoms with Gasteiger partial charge in [0.2, 0.25) is 5.95 Å². The molecule has 0 spiro atoms. The van der Waals surface area contributed by atoms with Gasteiger partial charge in [-0.1, -0.05) is 0 Å². The maximum atomic E-state index is 11.8. The maximum absolute atomic E-state index is 11.8. The van der Waals surface area contributed by atoms with Gasteiger partial charge in [-0.15, -0.1) is 0 Å². The van der Waals surface area contributed by atoms with E-state index >= 15 is 0 Å². The molecule has 2 aliphatic heterocycles. The van der Waals surface area contributed by atoms with Gasteiger partial charge < -0.3 is 19.7 Å². The Morgan fingerprint density at radius 3 is 2.84 bits per heavy atom. The first-order chi connectivity index (χ1) is 9.29. The van der Waals surface area contributed by atoms with Crippen molar-refractivity contribution in [1.29, 1.82) is 0 Å². The minimum Gasteiger partial charge on any atom is -0.464 e. The molecule has 0 aromatic carbocycles. The summed E-state index contributed by atoms with van der Waals surface area (Å²) in [4.78, 5) is 22.8. The number of fused-ring (bicyclic) bond motifs is 1. The molecule has 2 aliphatic rings. The first-order valence-corrected chi connectivity index (χ1v) is 6.31. The van der Waals surface area contributed by atoms with Crippen LogP contribution in [0.25, 0.3) is 0 Å². The predicted octanol–water partition coefficient (Wildman–Crippen LogP) is -0.297. The molecule has 0 radical (unpaired) electrons. The highest BCUT2D eigenvalue weighted by Crippen LogP contribution is 2.21. The number of anilines is 1.